The summed E-state index contributed by atoms with van der Waals surface area (Å²) < 4.78 is 12.4. The lowest BCUT2D eigenvalue weighted by Gasteiger charge is -2.11. The van der Waals surface area contributed by atoms with Gasteiger partial charge in [-0.2, -0.15) is 0 Å². The quantitative estimate of drug-likeness (QED) is 0.777. The second-order valence-electron chi connectivity index (χ2n) is 4.78. The van der Waals surface area contributed by atoms with E-state index in [0.29, 0.717) is 13.1 Å². The number of nitrogens with zero attached hydrogens (tertiary/aromatic N) is 1. The third kappa shape index (κ3) is 4.86. The Morgan fingerprint density at radius 1 is 1.29 bits per heavy atom. The van der Waals surface area contributed by atoms with Crippen molar-refractivity contribution in [2.24, 2.45) is 0 Å². The van der Waals surface area contributed by atoms with Crippen LogP contribution in [0.15, 0.2) is 33.3 Å². The van der Waals surface area contributed by atoms with Crippen LogP contribution >= 0.6 is 15.9 Å². The highest BCUT2D eigenvalue weighted by atomic mass is 79.9. The average Bonchev–Trinajstić information content (AvgIpc) is 2.94. The lowest BCUT2D eigenvalue weighted by molar-refractivity contribution is 0.313. The van der Waals surface area contributed by atoms with Crippen molar-refractivity contribution in [3.63, 3.8) is 0 Å². The normalized spacial score (nSPS) is 10.8. The first-order valence-corrected chi connectivity index (χ1v) is 8.07. The summed E-state index contributed by atoms with van der Waals surface area (Å²) in [7, 11) is 0. The molecule has 21 heavy (non-hydrogen) atoms. The molecule has 0 radical (unpaired) electrons. The van der Waals surface area contributed by atoms with E-state index < -0.39 is 0 Å². The lowest BCUT2D eigenvalue weighted by atomic mass is 10.2. The molecule has 0 amide bonds. The maximum Gasteiger partial charge on any atom is 0.208 e. The monoisotopic (exact) mass is 352 g/mol. The number of aromatic nitrogens is 1. The van der Waals surface area contributed by atoms with Crippen LogP contribution in [-0.2, 0) is 19.5 Å². The molecule has 0 aliphatic rings. The van der Waals surface area contributed by atoms with Gasteiger partial charge in [0.1, 0.15) is 11.5 Å². The van der Waals surface area contributed by atoms with Crippen molar-refractivity contribution in [2.45, 2.75) is 39.8 Å². The lowest BCUT2D eigenvalue weighted by Crippen LogP contribution is -2.14. The maximum absolute atomic E-state index is 5.77. The number of ether oxygens (including phenoxy) is 1. The number of hydrogen-bond acceptors (Lipinski definition) is 4. The van der Waals surface area contributed by atoms with Crippen molar-refractivity contribution in [1.29, 1.82) is 0 Å². The third-order valence-electron chi connectivity index (χ3n) is 3.03. The minimum absolute atomic E-state index is 0.611. The van der Waals surface area contributed by atoms with Gasteiger partial charge in [-0.1, -0.05) is 29.8 Å². The van der Waals surface area contributed by atoms with Gasteiger partial charge in [0, 0.05) is 23.0 Å². The Morgan fingerprint density at radius 3 is 2.86 bits per heavy atom. The topological polar surface area (TPSA) is 47.3 Å². The molecule has 1 aromatic heterocycles. The molecule has 0 unspecified atom stereocenters. The van der Waals surface area contributed by atoms with Gasteiger partial charge < -0.3 is 14.5 Å². The molecule has 0 atom stereocenters. The summed E-state index contributed by atoms with van der Waals surface area (Å²) in [6, 6.07) is 6.07. The molecular weight excluding hydrogens is 332 g/mol. The highest BCUT2D eigenvalue weighted by molar-refractivity contribution is 9.10. The van der Waals surface area contributed by atoms with Crippen LogP contribution in [0, 0.1) is 0 Å². The Kier molecular flexibility index (Phi) is 6.26. The standard InChI is InChI=1S/C16H21BrN2O2/c1-3-7-20-15-6-5-13(17)8-12(15)9-18-11-16-19-10-14(4-2)21-16/h5-6,8,10,18H,3-4,7,9,11H2,1-2H3. The van der Waals surface area contributed by atoms with Crippen LogP contribution in [0.4, 0.5) is 0 Å². The van der Waals surface area contributed by atoms with Crippen LogP contribution in [0.5, 0.6) is 5.75 Å². The van der Waals surface area contributed by atoms with E-state index >= 15 is 0 Å². The van der Waals surface area contributed by atoms with E-state index in [-0.39, 0.29) is 0 Å². The number of hydrogen-bond donors (Lipinski definition) is 1. The van der Waals surface area contributed by atoms with Crippen LogP contribution in [0.2, 0.25) is 0 Å². The number of oxazole rings is 1. The molecule has 1 heterocycles. The Bertz CT molecular complexity index is 569. The zero-order valence-electron chi connectivity index (χ0n) is 12.5. The molecule has 0 saturated heterocycles. The van der Waals surface area contributed by atoms with Gasteiger partial charge in [-0.3, -0.25) is 0 Å². The molecule has 0 aliphatic carbocycles. The van der Waals surface area contributed by atoms with Crippen molar-refractivity contribution in [1.82, 2.24) is 10.3 Å². The highest BCUT2D eigenvalue weighted by Gasteiger charge is 2.06. The molecule has 2 rings (SSSR count). The van der Waals surface area contributed by atoms with Crippen molar-refractivity contribution in [3.05, 3.63) is 46.1 Å². The minimum atomic E-state index is 0.611. The molecule has 5 heteroatoms. The molecule has 1 N–H and O–H groups in total. The molecule has 2 aromatic rings. The predicted molar refractivity (Wildman–Crippen MR) is 86.4 cm³/mol. The number of halogens is 1. The fraction of sp³-hybridized carbons (Fsp3) is 0.438. The molecular formula is C16H21BrN2O2. The molecule has 0 aliphatic heterocycles. The Labute approximate surface area is 134 Å². The number of benzene rings is 1. The van der Waals surface area contributed by atoms with Crippen LogP contribution in [0.1, 0.15) is 37.5 Å². The second kappa shape index (κ2) is 8.20. The van der Waals surface area contributed by atoms with Gasteiger partial charge in [-0.25, -0.2) is 4.98 Å². The van der Waals surface area contributed by atoms with E-state index in [9.17, 15) is 0 Å². The molecule has 0 fully saturated rings. The largest absolute Gasteiger partial charge is 0.493 e. The van der Waals surface area contributed by atoms with Gasteiger partial charge in [0.25, 0.3) is 0 Å². The second-order valence-corrected chi connectivity index (χ2v) is 5.69. The molecule has 1 aromatic carbocycles. The van der Waals surface area contributed by atoms with Crippen molar-refractivity contribution >= 4 is 15.9 Å². The maximum atomic E-state index is 5.77. The first-order valence-electron chi connectivity index (χ1n) is 7.28. The van der Waals surface area contributed by atoms with Crippen molar-refractivity contribution < 1.29 is 9.15 Å². The summed E-state index contributed by atoms with van der Waals surface area (Å²) >= 11 is 3.50. The third-order valence-corrected chi connectivity index (χ3v) is 3.52. The summed E-state index contributed by atoms with van der Waals surface area (Å²) in [4.78, 5) is 4.24. The van der Waals surface area contributed by atoms with Gasteiger partial charge in [0.2, 0.25) is 5.89 Å². The fourth-order valence-corrected chi connectivity index (χ4v) is 2.34. The number of nitrogens with one attached hydrogen (secondary N) is 1. The van der Waals surface area contributed by atoms with Gasteiger partial charge in [0.05, 0.1) is 19.3 Å². The predicted octanol–water partition coefficient (Wildman–Crippen LogP) is 4.08. The summed E-state index contributed by atoms with van der Waals surface area (Å²) in [5.74, 6) is 2.56. The van der Waals surface area contributed by atoms with E-state index in [1.807, 2.05) is 12.1 Å². The zero-order valence-corrected chi connectivity index (χ0v) is 14.1. The fourth-order valence-electron chi connectivity index (χ4n) is 1.94. The molecule has 0 spiro atoms. The van der Waals surface area contributed by atoms with Gasteiger partial charge in [0.15, 0.2) is 0 Å². The Balaban J connectivity index is 1.93. The van der Waals surface area contributed by atoms with E-state index in [1.54, 1.807) is 6.20 Å². The Morgan fingerprint density at radius 2 is 2.14 bits per heavy atom. The Hall–Kier alpha value is -1.33. The van der Waals surface area contributed by atoms with Crippen LogP contribution < -0.4 is 10.1 Å². The summed E-state index contributed by atoms with van der Waals surface area (Å²) in [6.07, 6.45) is 3.65. The smallest absolute Gasteiger partial charge is 0.208 e. The van der Waals surface area contributed by atoms with Crippen molar-refractivity contribution in [2.75, 3.05) is 6.61 Å². The summed E-state index contributed by atoms with van der Waals surface area (Å²) in [5, 5.41) is 3.34. The van der Waals surface area contributed by atoms with Crippen LogP contribution in [-0.4, -0.2) is 11.6 Å². The van der Waals surface area contributed by atoms with E-state index in [0.717, 1.165) is 46.9 Å². The van der Waals surface area contributed by atoms with E-state index in [1.165, 1.54) is 0 Å². The molecule has 0 saturated carbocycles. The number of aryl methyl sites for hydroxylation is 1. The average molecular weight is 353 g/mol. The van der Waals surface area contributed by atoms with E-state index in [4.69, 9.17) is 9.15 Å². The van der Waals surface area contributed by atoms with Gasteiger partial charge in [-0.05, 0) is 24.6 Å². The minimum Gasteiger partial charge on any atom is -0.493 e. The zero-order chi connectivity index (χ0) is 15.1. The first-order chi connectivity index (χ1) is 10.2. The van der Waals surface area contributed by atoms with Gasteiger partial charge >= 0.3 is 0 Å². The number of rotatable bonds is 8. The van der Waals surface area contributed by atoms with Crippen LogP contribution in [0.25, 0.3) is 0 Å². The molecule has 0 bridgehead atoms. The van der Waals surface area contributed by atoms with Crippen molar-refractivity contribution in [3.8, 4) is 5.75 Å². The molecule has 4 nitrogen and oxygen atoms in total. The first kappa shape index (κ1) is 16.0. The summed E-state index contributed by atoms with van der Waals surface area (Å²) in [5.41, 5.74) is 1.13. The summed E-state index contributed by atoms with van der Waals surface area (Å²) in [6.45, 7) is 6.21. The van der Waals surface area contributed by atoms with E-state index in [2.05, 4.69) is 46.1 Å². The molecule has 114 valence electrons. The van der Waals surface area contributed by atoms with Crippen LogP contribution in [0.3, 0.4) is 0 Å². The van der Waals surface area contributed by atoms with Gasteiger partial charge in [-0.15, -0.1) is 0 Å². The highest BCUT2D eigenvalue weighted by Crippen LogP contribution is 2.23. The SMILES string of the molecule is CCCOc1ccc(Br)cc1CNCc1ncc(CC)o1.